The molecule has 0 aliphatic carbocycles. The lowest BCUT2D eigenvalue weighted by atomic mass is 9.78. The van der Waals surface area contributed by atoms with E-state index in [0.29, 0.717) is 12.8 Å². The molecule has 0 amide bonds. The van der Waals surface area contributed by atoms with Crippen molar-refractivity contribution in [1.82, 2.24) is 0 Å². The smallest absolute Gasteiger partial charge is 0.151 e. The van der Waals surface area contributed by atoms with Gasteiger partial charge in [-0.1, -0.05) is 82.8 Å². The van der Waals surface area contributed by atoms with Gasteiger partial charge in [0.2, 0.25) is 0 Å². The second-order valence-corrected chi connectivity index (χ2v) is 6.27. The van der Waals surface area contributed by atoms with E-state index in [1.165, 1.54) is 5.56 Å². The van der Waals surface area contributed by atoms with E-state index in [2.05, 4.69) is 34.7 Å². The molecule has 2 aromatic carbocycles. The Morgan fingerprint density at radius 3 is 2.17 bits per heavy atom. The lowest BCUT2D eigenvalue weighted by molar-refractivity contribution is 0.534. The molecule has 3 heteroatoms. The Bertz CT molecular complexity index is 748. The number of benzene rings is 2. The number of aryl methyl sites for hydroxylation is 1. The molecule has 0 bridgehead atoms. The first kappa shape index (κ1) is 17.2. The maximum absolute atomic E-state index is 9.67. The summed E-state index contributed by atoms with van der Waals surface area (Å²) in [7, 11) is 0. The fourth-order valence-electron chi connectivity index (χ4n) is 2.49. The first-order valence-corrected chi connectivity index (χ1v) is 8.60. The molecule has 0 fully saturated rings. The molecule has 2 nitrogen and oxygen atoms in total. The zero-order valence-electron chi connectivity index (χ0n) is 13.0. The van der Waals surface area contributed by atoms with E-state index in [-0.39, 0.29) is 0 Å². The molecule has 0 spiro atoms. The minimum Gasteiger partial charge on any atom is -0.197 e. The molecular formula is C20H17IN2. The van der Waals surface area contributed by atoms with Gasteiger partial charge in [-0.2, -0.15) is 10.5 Å². The number of hydrogen-bond acceptors (Lipinski definition) is 2. The highest BCUT2D eigenvalue weighted by atomic mass is 127. The van der Waals surface area contributed by atoms with E-state index in [0.717, 1.165) is 16.7 Å². The van der Waals surface area contributed by atoms with Crippen molar-refractivity contribution in [3.8, 4) is 12.1 Å². The Morgan fingerprint density at radius 2 is 1.65 bits per heavy atom. The third-order valence-corrected chi connectivity index (χ3v) is 4.57. The van der Waals surface area contributed by atoms with Crippen LogP contribution in [0.25, 0.3) is 5.57 Å². The van der Waals surface area contributed by atoms with Gasteiger partial charge < -0.3 is 0 Å². The van der Waals surface area contributed by atoms with Crippen LogP contribution in [0.4, 0.5) is 0 Å². The summed E-state index contributed by atoms with van der Waals surface area (Å²) in [6.45, 7) is 2.04. The number of allylic oxidation sites excluding steroid dienone is 1. The lowest BCUT2D eigenvalue weighted by Gasteiger charge is -2.20. The van der Waals surface area contributed by atoms with Gasteiger partial charge in [-0.05, 0) is 27.7 Å². The van der Waals surface area contributed by atoms with Gasteiger partial charge in [0.25, 0.3) is 0 Å². The van der Waals surface area contributed by atoms with Crippen LogP contribution in [0, 0.1) is 35.0 Å². The minimum absolute atomic E-state index is 0.418. The molecule has 23 heavy (non-hydrogen) atoms. The van der Waals surface area contributed by atoms with Gasteiger partial charge >= 0.3 is 0 Å². The van der Waals surface area contributed by atoms with Gasteiger partial charge in [-0.3, -0.25) is 0 Å². The lowest BCUT2D eigenvalue weighted by Crippen LogP contribution is -2.20. The topological polar surface area (TPSA) is 47.6 Å². The maximum Gasteiger partial charge on any atom is 0.151 e. The second kappa shape index (κ2) is 7.94. The number of rotatable bonds is 5. The second-order valence-electron chi connectivity index (χ2n) is 5.65. The third-order valence-electron chi connectivity index (χ3n) is 3.82. The summed E-state index contributed by atoms with van der Waals surface area (Å²) in [5.74, 6) is 0. The Balaban J connectivity index is 2.29. The maximum atomic E-state index is 9.67. The van der Waals surface area contributed by atoms with Crippen molar-refractivity contribution in [1.29, 1.82) is 10.5 Å². The van der Waals surface area contributed by atoms with Crippen LogP contribution in [0.3, 0.4) is 0 Å². The third kappa shape index (κ3) is 4.43. The first-order chi connectivity index (χ1) is 11.1. The van der Waals surface area contributed by atoms with Crippen LogP contribution in [0.1, 0.15) is 23.1 Å². The summed E-state index contributed by atoms with van der Waals surface area (Å²) in [5.41, 5.74) is 3.23. The number of hydrogen-bond donors (Lipinski definition) is 0. The molecule has 0 radical (unpaired) electrons. The van der Waals surface area contributed by atoms with Crippen molar-refractivity contribution in [3.63, 3.8) is 0 Å². The van der Waals surface area contributed by atoms with E-state index in [1.54, 1.807) is 0 Å². The van der Waals surface area contributed by atoms with Crippen molar-refractivity contribution in [2.24, 2.45) is 5.41 Å². The fourth-order valence-corrected chi connectivity index (χ4v) is 3.07. The quantitative estimate of drug-likeness (QED) is 0.615. The number of nitrogens with zero attached hydrogens (tertiary/aromatic N) is 2. The van der Waals surface area contributed by atoms with Gasteiger partial charge in [-0.25, -0.2) is 0 Å². The molecule has 0 saturated carbocycles. The van der Waals surface area contributed by atoms with Gasteiger partial charge in [0.05, 0.1) is 12.1 Å². The molecule has 0 heterocycles. The molecule has 0 N–H and O–H groups in total. The standard InChI is InChI=1S/C20H17IN2/c1-16-7-9-18(10-8-16)19(13-21)12-20(14-22,15-23)11-17-5-3-2-4-6-17/h2-10,13H,11-12H2,1H3/b19-13+. The van der Waals surface area contributed by atoms with Crippen LogP contribution in [0.5, 0.6) is 0 Å². The molecule has 0 atom stereocenters. The van der Waals surface area contributed by atoms with Gasteiger partial charge in [0, 0.05) is 12.8 Å². The molecule has 114 valence electrons. The monoisotopic (exact) mass is 412 g/mol. The van der Waals surface area contributed by atoms with E-state index in [1.807, 2.05) is 65.6 Å². The highest BCUT2D eigenvalue weighted by Crippen LogP contribution is 2.34. The highest BCUT2D eigenvalue weighted by molar-refractivity contribution is 14.1. The highest BCUT2D eigenvalue weighted by Gasteiger charge is 2.32. The average Bonchev–Trinajstić information content (AvgIpc) is 2.60. The fraction of sp³-hybridized carbons (Fsp3) is 0.200. The van der Waals surface area contributed by atoms with Crippen molar-refractivity contribution in [2.75, 3.05) is 0 Å². The van der Waals surface area contributed by atoms with Gasteiger partial charge in [0.15, 0.2) is 5.41 Å². The van der Waals surface area contributed by atoms with Crippen LogP contribution in [-0.4, -0.2) is 0 Å². The Labute approximate surface area is 151 Å². The van der Waals surface area contributed by atoms with Gasteiger partial charge in [-0.15, -0.1) is 0 Å². The molecule has 0 aliphatic heterocycles. The van der Waals surface area contributed by atoms with E-state index in [4.69, 9.17) is 0 Å². The molecule has 0 aromatic heterocycles. The average molecular weight is 412 g/mol. The van der Waals surface area contributed by atoms with Crippen LogP contribution in [-0.2, 0) is 6.42 Å². The minimum atomic E-state index is -1.05. The SMILES string of the molecule is Cc1ccc(/C(=C/I)CC(C#N)(C#N)Cc2ccccc2)cc1. The zero-order chi connectivity index (χ0) is 16.7. The van der Waals surface area contributed by atoms with Crippen molar-refractivity contribution in [3.05, 3.63) is 75.4 Å². The van der Waals surface area contributed by atoms with E-state index in [9.17, 15) is 10.5 Å². The molecular weight excluding hydrogens is 395 g/mol. The zero-order valence-corrected chi connectivity index (χ0v) is 15.1. The summed E-state index contributed by atoms with van der Waals surface area (Å²) in [6.07, 6.45) is 0.849. The summed E-state index contributed by atoms with van der Waals surface area (Å²) in [6, 6.07) is 22.4. The Hall–Kier alpha value is -2.11. The summed E-state index contributed by atoms with van der Waals surface area (Å²) in [5, 5.41) is 19.3. The molecule has 0 aliphatic rings. The van der Waals surface area contributed by atoms with Crippen molar-refractivity contribution >= 4 is 28.2 Å². The Kier molecular flexibility index (Phi) is 5.96. The molecule has 0 saturated heterocycles. The predicted octanol–water partition coefficient (Wildman–Crippen LogP) is 5.44. The number of nitriles is 2. The normalized spacial score (nSPS) is 11.6. The summed E-state index contributed by atoms with van der Waals surface area (Å²) >= 11 is 2.18. The molecule has 2 rings (SSSR count). The van der Waals surface area contributed by atoms with Crippen molar-refractivity contribution < 1.29 is 0 Å². The van der Waals surface area contributed by atoms with E-state index < -0.39 is 5.41 Å². The molecule has 2 aromatic rings. The molecule has 0 unspecified atom stereocenters. The predicted molar refractivity (Wildman–Crippen MR) is 102 cm³/mol. The van der Waals surface area contributed by atoms with Crippen LogP contribution in [0.2, 0.25) is 0 Å². The number of halogens is 1. The van der Waals surface area contributed by atoms with Crippen LogP contribution < -0.4 is 0 Å². The van der Waals surface area contributed by atoms with Gasteiger partial charge in [0.1, 0.15) is 0 Å². The van der Waals surface area contributed by atoms with E-state index >= 15 is 0 Å². The largest absolute Gasteiger partial charge is 0.197 e. The van der Waals surface area contributed by atoms with Crippen molar-refractivity contribution in [2.45, 2.75) is 19.8 Å². The summed E-state index contributed by atoms with van der Waals surface area (Å²) in [4.78, 5) is 0. The first-order valence-electron chi connectivity index (χ1n) is 7.35. The van der Waals surface area contributed by atoms with Crippen LogP contribution in [0.15, 0.2) is 58.7 Å². The summed E-state index contributed by atoms with van der Waals surface area (Å²) < 4.78 is 1.97. The Morgan fingerprint density at radius 1 is 1.04 bits per heavy atom. The van der Waals surface area contributed by atoms with Crippen LogP contribution >= 0.6 is 22.6 Å².